The number of rotatable bonds is 3. The molecule has 1 unspecified atom stereocenters. The van der Waals surface area contributed by atoms with Gasteiger partial charge in [0.1, 0.15) is 0 Å². The molecule has 1 atom stereocenters. The van der Waals surface area contributed by atoms with E-state index in [1.807, 2.05) is 37.3 Å². The molecule has 2 N–H and O–H groups in total. The monoisotopic (exact) mass is 407 g/mol. The third kappa shape index (κ3) is 2.73. The predicted octanol–water partition coefficient (Wildman–Crippen LogP) is 4.23. The zero-order chi connectivity index (χ0) is 20.2. The largest absolute Gasteiger partial charge is 0.355 e. The second kappa shape index (κ2) is 6.43. The fraction of sp³-hybridized carbons (Fsp3) is 0.0909. The topological polar surface area (TPSA) is 65.2 Å². The Bertz CT molecular complexity index is 1280. The van der Waals surface area contributed by atoms with Gasteiger partial charge in [-0.2, -0.15) is 4.39 Å². The van der Waals surface area contributed by atoms with E-state index in [2.05, 4.69) is 10.4 Å². The van der Waals surface area contributed by atoms with Crippen LogP contribution in [0, 0.1) is 6.92 Å². The Morgan fingerprint density at radius 2 is 1.72 bits per heavy atom. The quantitative estimate of drug-likeness (QED) is 0.639. The van der Waals surface area contributed by atoms with E-state index in [0.29, 0.717) is 11.1 Å². The molecule has 3 aromatic rings. The average molecular weight is 407 g/mol. The summed E-state index contributed by atoms with van der Waals surface area (Å²) in [4.78, 5) is 3.43. The molecule has 29 heavy (non-hydrogen) atoms. The van der Waals surface area contributed by atoms with Crippen LogP contribution in [-0.4, -0.2) is 23.9 Å². The molecule has 5 rings (SSSR count). The number of sulfonamides is 1. The Kier molecular flexibility index (Phi) is 3.97. The van der Waals surface area contributed by atoms with Gasteiger partial charge in [0.25, 0.3) is 10.0 Å². The van der Waals surface area contributed by atoms with E-state index < -0.39 is 22.0 Å². The van der Waals surface area contributed by atoms with Crippen molar-refractivity contribution in [3.8, 4) is 11.3 Å². The van der Waals surface area contributed by atoms with Gasteiger partial charge in [0, 0.05) is 28.1 Å². The summed E-state index contributed by atoms with van der Waals surface area (Å²) in [5.41, 5.74) is 7.14. The summed E-state index contributed by atoms with van der Waals surface area (Å²) in [7, 11) is -3.92. The molecule has 1 aliphatic heterocycles. The van der Waals surface area contributed by atoms with Crippen molar-refractivity contribution >= 4 is 21.7 Å². The van der Waals surface area contributed by atoms with Crippen LogP contribution in [-0.2, 0) is 10.0 Å². The number of halogens is 1. The summed E-state index contributed by atoms with van der Waals surface area (Å²) in [6.45, 7) is 2.01. The van der Waals surface area contributed by atoms with E-state index in [0.717, 1.165) is 26.9 Å². The summed E-state index contributed by atoms with van der Waals surface area (Å²) in [6, 6.07) is 17.1. The molecule has 0 fully saturated rings. The second-order valence-corrected chi connectivity index (χ2v) is 8.90. The van der Waals surface area contributed by atoms with Crippen molar-refractivity contribution < 1.29 is 12.8 Å². The Morgan fingerprint density at radius 3 is 2.48 bits per heavy atom. The highest BCUT2D eigenvalue weighted by atomic mass is 32.2. The van der Waals surface area contributed by atoms with Crippen LogP contribution >= 0.6 is 0 Å². The normalized spacial score (nSPS) is 18.5. The van der Waals surface area contributed by atoms with Crippen LogP contribution in [0.1, 0.15) is 16.8 Å². The predicted molar refractivity (Wildman–Crippen MR) is 110 cm³/mol. The molecular weight excluding hydrogens is 389 g/mol. The summed E-state index contributed by atoms with van der Waals surface area (Å²) in [5.74, 6) is -0.657. The van der Waals surface area contributed by atoms with E-state index >= 15 is 0 Å². The molecule has 0 saturated carbocycles. The summed E-state index contributed by atoms with van der Waals surface area (Å²) < 4.78 is 42.0. The first-order valence-corrected chi connectivity index (χ1v) is 10.6. The van der Waals surface area contributed by atoms with Crippen LogP contribution in [0.2, 0.25) is 0 Å². The molecule has 0 amide bonds. The van der Waals surface area contributed by atoms with Crippen LogP contribution in [0.4, 0.5) is 4.39 Å². The number of hydrogen-bond donors (Lipinski definition) is 2. The highest BCUT2D eigenvalue weighted by Gasteiger charge is 2.43. The SMILES string of the molecule is Cc1ccccc1-c1cc2c([nH]1)C=CC1C2=C(F)NN1S(=O)(=O)c1ccccc1. The average Bonchev–Trinajstić information content (AvgIpc) is 3.30. The highest BCUT2D eigenvalue weighted by Crippen LogP contribution is 2.41. The number of aryl methyl sites for hydroxylation is 1. The third-order valence-corrected chi connectivity index (χ3v) is 7.02. The van der Waals surface area contributed by atoms with E-state index in [4.69, 9.17) is 0 Å². The molecule has 2 aromatic carbocycles. The van der Waals surface area contributed by atoms with Gasteiger partial charge in [-0.15, -0.1) is 0 Å². The van der Waals surface area contributed by atoms with Crippen LogP contribution < -0.4 is 5.43 Å². The van der Waals surface area contributed by atoms with Gasteiger partial charge in [-0.3, -0.25) is 5.43 Å². The molecular formula is C22H18FN3O2S. The third-order valence-electron chi connectivity index (χ3n) is 5.31. The molecule has 5 nitrogen and oxygen atoms in total. The number of hydrazine groups is 1. The Labute approximate surface area is 168 Å². The molecule has 146 valence electrons. The fourth-order valence-electron chi connectivity index (χ4n) is 3.87. The van der Waals surface area contributed by atoms with E-state index in [9.17, 15) is 12.8 Å². The van der Waals surface area contributed by atoms with Gasteiger partial charge in [-0.1, -0.05) is 53.0 Å². The molecule has 1 aromatic heterocycles. The fourth-order valence-corrected chi connectivity index (χ4v) is 5.28. The van der Waals surface area contributed by atoms with Crippen molar-refractivity contribution in [2.45, 2.75) is 17.9 Å². The number of aromatic nitrogens is 1. The van der Waals surface area contributed by atoms with Crippen LogP contribution in [0.3, 0.4) is 0 Å². The molecule has 7 heteroatoms. The summed E-state index contributed by atoms with van der Waals surface area (Å²) >= 11 is 0. The highest BCUT2D eigenvalue weighted by molar-refractivity contribution is 7.89. The lowest BCUT2D eigenvalue weighted by atomic mass is 9.94. The lowest BCUT2D eigenvalue weighted by Gasteiger charge is -2.24. The molecule has 0 bridgehead atoms. The zero-order valence-corrected chi connectivity index (χ0v) is 16.4. The van der Waals surface area contributed by atoms with Crippen molar-refractivity contribution in [2.75, 3.05) is 0 Å². The first-order valence-electron chi connectivity index (χ1n) is 9.20. The van der Waals surface area contributed by atoms with Gasteiger partial charge in [-0.25, -0.2) is 8.42 Å². The number of nitrogens with one attached hydrogen (secondary N) is 2. The Balaban J connectivity index is 1.57. The Morgan fingerprint density at radius 1 is 1.00 bits per heavy atom. The van der Waals surface area contributed by atoms with E-state index in [1.165, 1.54) is 12.1 Å². The molecule has 0 spiro atoms. The lowest BCUT2D eigenvalue weighted by Crippen LogP contribution is -2.43. The number of benzene rings is 2. The number of nitrogens with zero attached hydrogens (tertiary/aromatic N) is 1. The first-order chi connectivity index (χ1) is 14.0. The van der Waals surface area contributed by atoms with Crippen LogP contribution in [0.25, 0.3) is 22.9 Å². The van der Waals surface area contributed by atoms with Gasteiger partial charge in [0.15, 0.2) is 0 Å². The maximum absolute atomic E-state index is 14.9. The van der Waals surface area contributed by atoms with Gasteiger partial charge in [-0.05, 0) is 36.8 Å². The van der Waals surface area contributed by atoms with Crippen molar-refractivity contribution in [2.24, 2.45) is 0 Å². The minimum absolute atomic E-state index is 0.107. The minimum Gasteiger partial charge on any atom is -0.355 e. The minimum atomic E-state index is -3.92. The van der Waals surface area contributed by atoms with Gasteiger partial charge < -0.3 is 4.98 Å². The van der Waals surface area contributed by atoms with Crippen molar-refractivity contribution in [3.63, 3.8) is 0 Å². The van der Waals surface area contributed by atoms with Gasteiger partial charge >= 0.3 is 0 Å². The van der Waals surface area contributed by atoms with Gasteiger partial charge in [0.2, 0.25) is 5.95 Å². The summed E-state index contributed by atoms with van der Waals surface area (Å²) in [5, 5.41) is 0. The molecule has 2 aliphatic rings. The number of H-pyrrole nitrogens is 1. The maximum atomic E-state index is 14.9. The number of aromatic amines is 1. The zero-order valence-electron chi connectivity index (χ0n) is 15.6. The van der Waals surface area contributed by atoms with Crippen molar-refractivity contribution in [1.82, 2.24) is 14.8 Å². The van der Waals surface area contributed by atoms with E-state index in [-0.39, 0.29) is 4.90 Å². The first kappa shape index (κ1) is 17.9. The summed E-state index contributed by atoms with van der Waals surface area (Å²) in [6.07, 6.45) is 3.49. The van der Waals surface area contributed by atoms with Crippen LogP contribution in [0.5, 0.6) is 0 Å². The van der Waals surface area contributed by atoms with Crippen LogP contribution in [0.15, 0.2) is 77.6 Å². The standard InChI is InChI=1S/C22H18FN3O2S/c1-14-7-5-6-10-16(14)19-13-17-18(24-19)11-12-20-21(17)22(23)25-26(20)29(27,28)15-8-3-2-4-9-15/h2-13,20,24-25H,1H3. The molecule has 2 heterocycles. The smallest absolute Gasteiger partial charge is 0.260 e. The van der Waals surface area contributed by atoms with Gasteiger partial charge in [0.05, 0.1) is 10.9 Å². The molecule has 0 radical (unpaired) electrons. The van der Waals surface area contributed by atoms with E-state index in [1.54, 1.807) is 30.4 Å². The molecule has 1 aliphatic carbocycles. The number of fused-ring (bicyclic) bond motifs is 3. The number of hydrogen-bond acceptors (Lipinski definition) is 3. The van der Waals surface area contributed by atoms with Crippen molar-refractivity contribution in [1.29, 1.82) is 0 Å². The van der Waals surface area contributed by atoms with Crippen molar-refractivity contribution in [3.05, 3.63) is 89.5 Å². The maximum Gasteiger partial charge on any atom is 0.260 e. The Hall–Kier alpha value is -3.16. The lowest BCUT2D eigenvalue weighted by molar-refractivity contribution is 0.337. The second-order valence-electron chi connectivity index (χ2n) is 7.08. The molecule has 0 saturated heterocycles.